The zero-order chi connectivity index (χ0) is 16.5. The highest BCUT2D eigenvalue weighted by Gasteiger charge is 2.26. The molecule has 8 heteroatoms. The van der Waals surface area contributed by atoms with Gasteiger partial charge in [-0.1, -0.05) is 0 Å². The zero-order valence-electron chi connectivity index (χ0n) is 13.5. The molecule has 2 aliphatic heterocycles. The maximum absolute atomic E-state index is 9.65. The van der Waals surface area contributed by atoms with E-state index in [1.54, 1.807) is 6.20 Å². The number of aliphatic hydroxyl groups excluding tert-OH is 2. The standard InChI is InChI=1S/C16H22N6O2/c23-8-7-22-14-11-21(10-12(14)9-18-22)16-17-4-1-15(19-16)20-5-2-13(24)3-6-20/h1,4,9,13,23-24H,2-3,5-8,10-11H2. The summed E-state index contributed by atoms with van der Waals surface area (Å²) in [6, 6.07) is 1.93. The maximum Gasteiger partial charge on any atom is 0.227 e. The Morgan fingerprint density at radius 2 is 2.00 bits per heavy atom. The molecule has 1 saturated heterocycles. The molecule has 2 aliphatic rings. The molecule has 4 rings (SSSR count). The maximum atomic E-state index is 9.65. The molecular weight excluding hydrogens is 308 g/mol. The van der Waals surface area contributed by atoms with Gasteiger partial charge in [-0.15, -0.1) is 0 Å². The normalized spacial score (nSPS) is 18.2. The lowest BCUT2D eigenvalue weighted by Gasteiger charge is -2.31. The Hall–Kier alpha value is -2.19. The Morgan fingerprint density at radius 3 is 2.79 bits per heavy atom. The molecule has 0 aliphatic carbocycles. The molecule has 0 atom stereocenters. The van der Waals surface area contributed by atoms with Crippen molar-refractivity contribution < 1.29 is 10.2 Å². The monoisotopic (exact) mass is 330 g/mol. The first kappa shape index (κ1) is 15.3. The fraction of sp³-hybridized carbons (Fsp3) is 0.562. The van der Waals surface area contributed by atoms with Gasteiger partial charge in [0.2, 0.25) is 5.95 Å². The van der Waals surface area contributed by atoms with E-state index in [0.717, 1.165) is 44.0 Å². The van der Waals surface area contributed by atoms with E-state index in [-0.39, 0.29) is 12.7 Å². The van der Waals surface area contributed by atoms with Crippen molar-refractivity contribution in [2.75, 3.05) is 29.5 Å². The quantitative estimate of drug-likeness (QED) is 0.824. The molecular formula is C16H22N6O2. The molecule has 0 spiro atoms. The number of hydrogen-bond donors (Lipinski definition) is 2. The van der Waals surface area contributed by atoms with Gasteiger partial charge in [-0.3, -0.25) is 4.68 Å². The highest BCUT2D eigenvalue weighted by atomic mass is 16.3. The van der Waals surface area contributed by atoms with Crippen molar-refractivity contribution in [3.8, 4) is 0 Å². The van der Waals surface area contributed by atoms with Crippen LogP contribution in [0.4, 0.5) is 11.8 Å². The number of aromatic nitrogens is 4. The van der Waals surface area contributed by atoms with E-state index >= 15 is 0 Å². The van der Waals surface area contributed by atoms with Crippen LogP contribution >= 0.6 is 0 Å². The SMILES string of the molecule is OCCn1ncc2c1CN(c1nccc(N3CCC(O)CC3)n1)C2. The van der Waals surface area contributed by atoms with Crippen molar-refractivity contribution in [3.05, 3.63) is 29.7 Å². The lowest BCUT2D eigenvalue weighted by atomic mass is 10.1. The fourth-order valence-electron chi connectivity index (χ4n) is 3.40. The number of aliphatic hydroxyl groups is 2. The molecule has 2 aromatic rings. The molecule has 0 unspecified atom stereocenters. The molecule has 0 saturated carbocycles. The zero-order valence-corrected chi connectivity index (χ0v) is 13.5. The van der Waals surface area contributed by atoms with Crippen LogP contribution in [0.15, 0.2) is 18.5 Å². The van der Waals surface area contributed by atoms with Crippen LogP contribution in [-0.2, 0) is 19.6 Å². The van der Waals surface area contributed by atoms with Gasteiger partial charge >= 0.3 is 0 Å². The van der Waals surface area contributed by atoms with Gasteiger partial charge in [0.1, 0.15) is 5.82 Å². The molecule has 0 radical (unpaired) electrons. The van der Waals surface area contributed by atoms with Crippen LogP contribution in [0.5, 0.6) is 0 Å². The molecule has 4 heterocycles. The summed E-state index contributed by atoms with van der Waals surface area (Å²) in [5, 5.41) is 23.1. The molecule has 8 nitrogen and oxygen atoms in total. The second-order valence-electron chi connectivity index (χ2n) is 6.35. The Kier molecular flexibility index (Phi) is 4.07. The summed E-state index contributed by atoms with van der Waals surface area (Å²) in [4.78, 5) is 13.5. The summed E-state index contributed by atoms with van der Waals surface area (Å²) in [6.07, 6.45) is 5.04. The summed E-state index contributed by atoms with van der Waals surface area (Å²) in [5.41, 5.74) is 2.29. The van der Waals surface area contributed by atoms with E-state index in [1.807, 2.05) is 16.9 Å². The Morgan fingerprint density at radius 1 is 1.17 bits per heavy atom. The van der Waals surface area contributed by atoms with E-state index in [2.05, 4.69) is 19.9 Å². The van der Waals surface area contributed by atoms with E-state index in [4.69, 9.17) is 10.1 Å². The fourth-order valence-corrected chi connectivity index (χ4v) is 3.40. The molecule has 1 fully saturated rings. The minimum Gasteiger partial charge on any atom is -0.394 e. The lowest BCUT2D eigenvalue weighted by molar-refractivity contribution is 0.145. The summed E-state index contributed by atoms with van der Waals surface area (Å²) in [7, 11) is 0. The Balaban J connectivity index is 1.50. The average Bonchev–Trinajstić information content (AvgIpc) is 3.18. The highest BCUT2D eigenvalue weighted by molar-refractivity contribution is 5.47. The number of hydrogen-bond acceptors (Lipinski definition) is 7. The predicted molar refractivity (Wildman–Crippen MR) is 88.7 cm³/mol. The van der Waals surface area contributed by atoms with Crippen molar-refractivity contribution in [3.63, 3.8) is 0 Å². The van der Waals surface area contributed by atoms with Crippen molar-refractivity contribution in [2.24, 2.45) is 0 Å². The first-order valence-electron chi connectivity index (χ1n) is 8.40. The van der Waals surface area contributed by atoms with Gasteiger partial charge < -0.3 is 20.0 Å². The van der Waals surface area contributed by atoms with Gasteiger partial charge in [0, 0.05) is 31.4 Å². The van der Waals surface area contributed by atoms with E-state index in [0.29, 0.717) is 19.0 Å². The Bertz CT molecular complexity index is 710. The first-order chi connectivity index (χ1) is 11.7. The summed E-state index contributed by atoms with van der Waals surface area (Å²) in [6.45, 7) is 3.69. The predicted octanol–water partition coefficient (Wildman–Crippen LogP) is 0.147. The topological polar surface area (TPSA) is 90.5 Å². The van der Waals surface area contributed by atoms with Gasteiger partial charge in [0.25, 0.3) is 0 Å². The van der Waals surface area contributed by atoms with E-state index in [9.17, 15) is 5.11 Å². The van der Waals surface area contributed by atoms with Crippen LogP contribution in [0.3, 0.4) is 0 Å². The molecule has 0 bridgehead atoms. The van der Waals surface area contributed by atoms with Crippen molar-refractivity contribution in [1.82, 2.24) is 19.7 Å². The third-order valence-corrected chi connectivity index (χ3v) is 4.75. The first-order valence-corrected chi connectivity index (χ1v) is 8.40. The van der Waals surface area contributed by atoms with Crippen LogP contribution in [0.2, 0.25) is 0 Å². The van der Waals surface area contributed by atoms with Crippen LogP contribution in [0.25, 0.3) is 0 Å². The van der Waals surface area contributed by atoms with E-state index in [1.165, 1.54) is 5.56 Å². The van der Waals surface area contributed by atoms with Gasteiger partial charge in [0.05, 0.1) is 37.7 Å². The van der Waals surface area contributed by atoms with Crippen molar-refractivity contribution in [1.29, 1.82) is 0 Å². The summed E-state index contributed by atoms with van der Waals surface area (Å²) in [5.74, 6) is 1.63. The van der Waals surface area contributed by atoms with Crippen LogP contribution < -0.4 is 9.80 Å². The number of anilines is 2. The molecule has 128 valence electrons. The molecule has 2 N–H and O–H groups in total. The summed E-state index contributed by atoms with van der Waals surface area (Å²) < 4.78 is 1.85. The van der Waals surface area contributed by atoms with Crippen LogP contribution in [0.1, 0.15) is 24.1 Å². The second-order valence-corrected chi connectivity index (χ2v) is 6.35. The molecule has 0 aromatic carbocycles. The molecule has 0 amide bonds. The summed E-state index contributed by atoms with van der Waals surface area (Å²) >= 11 is 0. The number of fused-ring (bicyclic) bond motifs is 1. The smallest absolute Gasteiger partial charge is 0.227 e. The largest absolute Gasteiger partial charge is 0.394 e. The Labute approximate surface area is 140 Å². The van der Waals surface area contributed by atoms with Crippen molar-refractivity contribution >= 4 is 11.8 Å². The average molecular weight is 330 g/mol. The number of rotatable bonds is 4. The second kappa shape index (κ2) is 6.37. The van der Waals surface area contributed by atoms with Gasteiger partial charge in [-0.25, -0.2) is 4.98 Å². The van der Waals surface area contributed by atoms with Gasteiger partial charge in [-0.05, 0) is 18.9 Å². The number of nitrogens with zero attached hydrogens (tertiary/aromatic N) is 6. The molecule has 24 heavy (non-hydrogen) atoms. The minimum atomic E-state index is -0.190. The highest BCUT2D eigenvalue weighted by Crippen LogP contribution is 2.27. The van der Waals surface area contributed by atoms with Gasteiger partial charge in [0.15, 0.2) is 0 Å². The van der Waals surface area contributed by atoms with Crippen molar-refractivity contribution in [2.45, 2.75) is 38.6 Å². The lowest BCUT2D eigenvalue weighted by Crippen LogP contribution is -2.36. The third-order valence-electron chi connectivity index (χ3n) is 4.75. The van der Waals surface area contributed by atoms with Crippen LogP contribution in [-0.4, -0.2) is 55.8 Å². The molecule has 2 aromatic heterocycles. The minimum absolute atomic E-state index is 0.0842. The third kappa shape index (κ3) is 2.83. The van der Waals surface area contributed by atoms with Crippen LogP contribution in [0, 0.1) is 0 Å². The van der Waals surface area contributed by atoms with Gasteiger partial charge in [-0.2, -0.15) is 10.1 Å². The number of piperidine rings is 1. The van der Waals surface area contributed by atoms with E-state index < -0.39 is 0 Å².